The SMILES string of the molecule is [O]N1SC=CS1. The first-order valence-corrected chi connectivity index (χ1v) is 3.03. The molecule has 4 heteroatoms. The zero-order valence-electron chi connectivity index (χ0n) is 2.83. The van der Waals surface area contributed by atoms with Crippen LogP contribution in [-0.4, -0.2) is 3.87 Å². The van der Waals surface area contributed by atoms with Gasteiger partial charge < -0.3 is 0 Å². The van der Waals surface area contributed by atoms with Gasteiger partial charge >= 0.3 is 0 Å². The van der Waals surface area contributed by atoms with Crippen molar-refractivity contribution in [1.82, 2.24) is 3.87 Å². The van der Waals surface area contributed by atoms with E-state index in [1.54, 1.807) is 10.8 Å². The van der Waals surface area contributed by atoms with Gasteiger partial charge in [-0.05, 0) is 38.6 Å². The van der Waals surface area contributed by atoms with Gasteiger partial charge in [-0.25, -0.2) is 0 Å². The first-order valence-electron chi connectivity index (χ1n) is 1.35. The Hall–Kier alpha value is 0.360. The Labute approximate surface area is 44.4 Å². The fourth-order valence-corrected chi connectivity index (χ4v) is 1.27. The van der Waals surface area contributed by atoms with E-state index < -0.39 is 0 Å². The van der Waals surface area contributed by atoms with Crippen LogP contribution in [0.3, 0.4) is 0 Å². The zero-order valence-corrected chi connectivity index (χ0v) is 4.46. The molecule has 1 rings (SSSR count). The Morgan fingerprint density at radius 2 is 1.83 bits per heavy atom. The van der Waals surface area contributed by atoms with E-state index in [0.717, 1.165) is 27.8 Å². The van der Waals surface area contributed by atoms with Gasteiger partial charge in [0.25, 0.3) is 0 Å². The molecule has 0 unspecified atom stereocenters. The Balaban J connectivity index is 2.32. The Morgan fingerprint density at radius 1 is 1.33 bits per heavy atom. The number of nitrogens with zero attached hydrogens (tertiary/aromatic N) is 1. The Bertz CT molecular complexity index is 65.9. The standard InChI is InChI=1S/C2H2NOS2/c4-3-5-1-2-6-3/h1-2H. The third kappa shape index (κ3) is 0.909. The summed E-state index contributed by atoms with van der Waals surface area (Å²) in [5.74, 6) is 0. The Kier molecular flexibility index (Phi) is 1.42. The van der Waals surface area contributed by atoms with E-state index in [-0.39, 0.29) is 0 Å². The average molecular weight is 120 g/mol. The summed E-state index contributed by atoms with van der Waals surface area (Å²) in [6, 6.07) is 0. The van der Waals surface area contributed by atoms with E-state index in [9.17, 15) is 5.21 Å². The number of rotatable bonds is 0. The largest absolute Gasteiger partial charge is 0.0966 e. The highest BCUT2D eigenvalue weighted by Crippen LogP contribution is 2.28. The average Bonchev–Trinajstić information content (AvgIpc) is 1.86. The smallest absolute Gasteiger partial charge is 0.00236 e. The first kappa shape index (κ1) is 4.52. The van der Waals surface area contributed by atoms with Gasteiger partial charge in [-0.15, -0.1) is 0 Å². The Morgan fingerprint density at radius 3 is 2.00 bits per heavy atom. The minimum absolute atomic E-state index is 0.833. The van der Waals surface area contributed by atoms with Crippen molar-refractivity contribution in [3.05, 3.63) is 10.8 Å². The van der Waals surface area contributed by atoms with Crippen LogP contribution < -0.4 is 0 Å². The molecule has 0 aliphatic carbocycles. The quantitative estimate of drug-likeness (QED) is 0.451. The lowest BCUT2D eigenvalue weighted by Gasteiger charge is -1.90. The zero-order chi connectivity index (χ0) is 4.41. The van der Waals surface area contributed by atoms with Crippen LogP contribution >= 0.6 is 23.9 Å². The van der Waals surface area contributed by atoms with Crippen LogP contribution in [0.5, 0.6) is 0 Å². The van der Waals surface area contributed by atoms with E-state index >= 15 is 0 Å². The normalized spacial score (nSPS) is 22.8. The summed E-state index contributed by atoms with van der Waals surface area (Å²) in [7, 11) is 0. The maximum atomic E-state index is 10.0. The molecule has 0 spiro atoms. The lowest BCUT2D eigenvalue weighted by atomic mass is 11.3. The van der Waals surface area contributed by atoms with Crippen molar-refractivity contribution in [3.8, 4) is 0 Å². The summed E-state index contributed by atoms with van der Waals surface area (Å²) in [4.78, 5) is 0. The summed E-state index contributed by atoms with van der Waals surface area (Å²) in [5.41, 5.74) is 0. The molecule has 33 valence electrons. The van der Waals surface area contributed by atoms with Gasteiger partial charge in [0.2, 0.25) is 0 Å². The molecule has 1 radical (unpaired) electrons. The van der Waals surface area contributed by atoms with Crippen LogP contribution in [0, 0.1) is 0 Å². The van der Waals surface area contributed by atoms with Crippen molar-refractivity contribution in [2.24, 2.45) is 0 Å². The molecule has 0 fully saturated rings. The molecule has 0 aromatic heterocycles. The summed E-state index contributed by atoms with van der Waals surface area (Å²) in [5, 5.41) is 13.5. The third-order valence-electron chi connectivity index (χ3n) is 0.349. The minimum atomic E-state index is 0.833. The van der Waals surface area contributed by atoms with E-state index in [1.165, 1.54) is 0 Å². The lowest BCUT2D eigenvalue weighted by molar-refractivity contribution is 0.0340. The maximum Gasteiger partial charge on any atom is -0.00236 e. The van der Waals surface area contributed by atoms with Gasteiger partial charge in [-0.2, -0.15) is 0 Å². The van der Waals surface area contributed by atoms with Gasteiger partial charge in [0, 0.05) is 0 Å². The van der Waals surface area contributed by atoms with E-state index in [4.69, 9.17) is 0 Å². The molecule has 6 heavy (non-hydrogen) atoms. The van der Waals surface area contributed by atoms with Crippen LogP contribution in [0.25, 0.3) is 0 Å². The monoisotopic (exact) mass is 120 g/mol. The molecule has 1 heterocycles. The minimum Gasteiger partial charge on any atom is -0.0966 e. The molecule has 0 amide bonds. The van der Waals surface area contributed by atoms with E-state index in [1.807, 2.05) is 0 Å². The van der Waals surface area contributed by atoms with Crippen molar-refractivity contribution < 1.29 is 5.21 Å². The molecule has 0 saturated carbocycles. The van der Waals surface area contributed by atoms with Gasteiger partial charge in [0.15, 0.2) is 0 Å². The molecular formula is C2H2NOS2. The molecule has 2 nitrogen and oxygen atoms in total. The highest BCUT2D eigenvalue weighted by molar-refractivity contribution is 8.17. The second-order valence-corrected chi connectivity index (χ2v) is 2.57. The number of hydrogen-bond donors (Lipinski definition) is 0. The maximum absolute atomic E-state index is 10.0. The van der Waals surface area contributed by atoms with Crippen molar-refractivity contribution in [1.29, 1.82) is 0 Å². The predicted molar refractivity (Wildman–Crippen MR) is 26.8 cm³/mol. The first-order chi connectivity index (χ1) is 2.89. The van der Waals surface area contributed by atoms with Crippen LogP contribution in [0.1, 0.15) is 0 Å². The molecule has 1 aliphatic rings. The van der Waals surface area contributed by atoms with Crippen LogP contribution in [0.4, 0.5) is 0 Å². The second kappa shape index (κ2) is 1.88. The van der Waals surface area contributed by atoms with Crippen molar-refractivity contribution in [2.45, 2.75) is 0 Å². The number of hydrogen-bond acceptors (Lipinski definition) is 3. The topological polar surface area (TPSA) is 23.1 Å². The molecule has 0 saturated heterocycles. The lowest BCUT2D eigenvalue weighted by Crippen LogP contribution is -1.84. The van der Waals surface area contributed by atoms with Crippen LogP contribution in [0.15, 0.2) is 10.8 Å². The fraction of sp³-hybridized carbons (Fsp3) is 0. The molecule has 0 aromatic rings. The van der Waals surface area contributed by atoms with Gasteiger partial charge in [-0.3, -0.25) is 0 Å². The summed E-state index contributed by atoms with van der Waals surface area (Å²) in [6.07, 6.45) is 0. The van der Waals surface area contributed by atoms with Gasteiger partial charge in [0.1, 0.15) is 0 Å². The van der Waals surface area contributed by atoms with Crippen molar-refractivity contribution in [3.63, 3.8) is 0 Å². The van der Waals surface area contributed by atoms with Gasteiger partial charge in [-0.1, -0.05) is 5.21 Å². The molecule has 0 aromatic carbocycles. The third-order valence-corrected chi connectivity index (χ3v) is 1.90. The molecule has 0 atom stereocenters. The predicted octanol–water partition coefficient (Wildman–Crippen LogP) is 1.42. The fourth-order valence-electron chi connectivity index (χ4n) is 0.174. The molecule has 0 bridgehead atoms. The summed E-state index contributed by atoms with van der Waals surface area (Å²) in [6.45, 7) is 0. The molecule has 0 N–H and O–H groups in total. The summed E-state index contributed by atoms with van der Waals surface area (Å²) >= 11 is 2.31. The highest BCUT2D eigenvalue weighted by atomic mass is 32.2. The highest BCUT2D eigenvalue weighted by Gasteiger charge is 2.02. The van der Waals surface area contributed by atoms with Gasteiger partial charge in [0.05, 0.1) is 0 Å². The van der Waals surface area contributed by atoms with Crippen molar-refractivity contribution in [2.75, 3.05) is 0 Å². The molecular weight excluding hydrogens is 118 g/mol. The summed E-state index contributed by atoms with van der Waals surface area (Å²) < 4.78 is 0.833. The van der Waals surface area contributed by atoms with Crippen LogP contribution in [0.2, 0.25) is 0 Å². The van der Waals surface area contributed by atoms with E-state index in [0.29, 0.717) is 0 Å². The second-order valence-electron chi connectivity index (χ2n) is 0.707. The van der Waals surface area contributed by atoms with Crippen molar-refractivity contribution >= 4 is 23.9 Å². The van der Waals surface area contributed by atoms with E-state index in [2.05, 4.69) is 0 Å². The molecule has 1 aliphatic heterocycles. The van der Waals surface area contributed by atoms with Crippen LogP contribution in [-0.2, 0) is 5.21 Å².